The predicted molar refractivity (Wildman–Crippen MR) is 78.5 cm³/mol. The molecule has 21 heavy (non-hydrogen) atoms. The van der Waals surface area contributed by atoms with E-state index in [9.17, 15) is 20.0 Å². The Morgan fingerprint density at radius 2 is 2.00 bits per heavy atom. The van der Waals surface area contributed by atoms with Gasteiger partial charge in [-0.25, -0.2) is 9.78 Å². The van der Waals surface area contributed by atoms with Crippen molar-refractivity contribution in [1.82, 2.24) is 4.98 Å². The van der Waals surface area contributed by atoms with Crippen molar-refractivity contribution < 1.29 is 14.8 Å². The minimum absolute atomic E-state index is 0.00345. The number of benzene rings is 1. The quantitative estimate of drug-likeness (QED) is 0.686. The van der Waals surface area contributed by atoms with Gasteiger partial charge in [-0.1, -0.05) is 0 Å². The van der Waals surface area contributed by atoms with Gasteiger partial charge in [0.15, 0.2) is 0 Å². The standard InChI is InChI=1S/C14H15N3O4/c1-14(2,13(18)19)16(3)12-7-4-9-8-10(17(20)21)5-6-11(9)15-12/h4-8H,1-3H3,(H,18,19). The third-order valence-corrected chi connectivity index (χ3v) is 3.57. The Hall–Kier alpha value is -2.70. The van der Waals surface area contributed by atoms with Gasteiger partial charge in [0.2, 0.25) is 0 Å². The van der Waals surface area contributed by atoms with Gasteiger partial charge in [-0.2, -0.15) is 0 Å². The van der Waals surface area contributed by atoms with E-state index >= 15 is 0 Å². The topological polar surface area (TPSA) is 96.6 Å². The first-order chi connectivity index (χ1) is 9.73. The summed E-state index contributed by atoms with van der Waals surface area (Å²) < 4.78 is 0. The van der Waals surface area contributed by atoms with Crippen LogP contribution in [0.1, 0.15) is 13.8 Å². The van der Waals surface area contributed by atoms with Crippen molar-refractivity contribution >= 4 is 28.4 Å². The van der Waals surface area contributed by atoms with Crippen molar-refractivity contribution in [2.45, 2.75) is 19.4 Å². The molecule has 2 rings (SSSR count). The molecule has 1 aromatic heterocycles. The number of carboxylic acids is 1. The van der Waals surface area contributed by atoms with Crippen molar-refractivity contribution in [3.05, 3.63) is 40.4 Å². The molecule has 0 atom stereocenters. The molecule has 110 valence electrons. The number of nitrogens with zero attached hydrogens (tertiary/aromatic N) is 3. The molecule has 0 aliphatic carbocycles. The number of carbonyl (C=O) groups is 1. The zero-order valence-corrected chi connectivity index (χ0v) is 11.9. The highest BCUT2D eigenvalue weighted by molar-refractivity contribution is 5.85. The molecule has 7 nitrogen and oxygen atoms in total. The fourth-order valence-corrected chi connectivity index (χ4v) is 1.83. The number of aliphatic carboxylic acids is 1. The number of aromatic nitrogens is 1. The number of anilines is 1. The van der Waals surface area contributed by atoms with Gasteiger partial charge in [0.25, 0.3) is 5.69 Å². The number of non-ortho nitro benzene ring substituents is 1. The van der Waals surface area contributed by atoms with Crippen molar-refractivity contribution in [2.75, 3.05) is 11.9 Å². The minimum atomic E-state index is -1.11. The molecule has 0 saturated heterocycles. The molecule has 0 unspecified atom stereocenters. The molecule has 7 heteroatoms. The second-order valence-corrected chi connectivity index (χ2v) is 5.23. The van der Waals surface area contributed by atoms with Gasteiger partial charge in [0.1, 0.15) is 11.4 Å². The fraction of sp³-hybridized carbons (Fsp3) is 0.286. The first kappa shape index (κ1) is 14.7. The molecule has 0 saturated carbocycles. The summed E-state index contributed by atoms with van der Waals surface area (Å²) in [4.78, 5) is 27.5. The molecule has 0 spiro atoms. The van der Waals surface area contributed by atoms with Crippen LogP contribution in [0, 0.1) is 10.1 Å². The SMILES string of the molecule is CN(c1ccc2cc([N+](=O)[O-])ccc2n1)C(C)(C)C(=O)O. The molecular formula is C14H15N3O4. The maximum Gasteiger partial charge on any atom is 0.328 e. The van der Waals surface area contributed by atoms with E-state index in [1.807, 2.05) is 0 Å². The molecular weight excluding hydrogens is 274 g/mol. The Balaban J connectivity index is 2.46. The third kappa shape index (κ3) is 2.62. The van der Waals surface area contributed by atoms with Gasteiger partial charge >= 0.3 is 5.97 Å². The van der Waals surface area contributed by atoms with E-state index in [0.717, 1.165) is 0 Å². The molecule has 0 aliphatic heterocycles. The van der Waals surface area contributed by atoms with E-state index in [1.54, 1.807) is 44.0 Å². The number of pyridine rings is 1. The summed E-state index contributed by atoms with van der Waals surface area (Å²) >= 11 is 0. The van der Waals surface area contributed by atoms with Crippen LogP contribution in [0.5, 0.6) is 0 Å². The Bertz CT molecular complexity index is 727. The lowest BCUT2D eigenvalue weighted by Crippen LogP contribution is -2.48. The maximum atomic E-state index is 11.3. The lowest BCUT2D eigenvalue weighted by Gasteiger charge is -2.32. The van der Waals surface area contributed by atoms with E-state index in [4.69, 9.17) is 0 Å². The molecule has 1 aromatic carbocycles. The van der Waals surface area contributed by atoms with Crippen LogP contribution in [0.2, 0.25) is 0 Å². The number of nitro benzene ring substituents is 1. The number of rotatable bonds is 4. The van der Waals surface area contributed by atoms with Gasteiger partial charge in [-0.15, -0.1) is 0 Å². The van der Waals surface area contributed by atoms with E-state index in [0.29, 0.717) is 16.7 Å². The number of hydrogen-bond acceptors (Lipinski definition) is 5. The maximum absolute atomic E-state index is 11.3. The van der Waals surface area contributed by atoms with Crippen LogP contribution in [0.3, 0.4) is 0 Å². The van der Waals surface area contributed by atoms with Gasteiger partial charge < -0.3 is 10.0 Å². The third-order valence-electron chi connectivity index (χ3n) is 3.57. The zero-order chi connectivity index (χ0) is 15.8. The van der Waals surface area contributed by atoms with Crippen LogP contribution in [0.25, 0.3) is 10.9 Å². The molecule has 0 aliphatic rings. The van der Waals surface area contributed by atoms with Gasteiger partial charge in [0.05, 0.1) is 10.4 Å². The molecule has 0 amide bonds. The predicted octanol–water partition coefficient (Wildman–Crippen LogP) is 2.44. The summed E-state index contributed by atoms with van der Waals surface area (Å²) in [5.74, 6) is -0.473. The van der Waals surface area contributed by atoms with Crippen molar-refractivity contribution in [2.24, 2.45) is 0 Å². The average molecular weight is 289 g/mol. The number of nitro groups is 1. The highest BCUT2D eigenvalue weighted by Gasteiger charge is 2.33. The monoisotopic (exact) mass is 289 g/mol. The number of fused-ring (bicyclic) bond motifs is 1. The van der Waals surface area contributed by atoms with Crippen LogP contribution in [-0.4, -0.2) is 33.6 Å². The highest BCUT2D eigenvalue weighted by Crippen LogP contribution is 2.25. The van der Waals surface area contributed by atoms with E-state index in [2.05, 4.69) is 4.98 Å². The smallest absolute Gasteiger partial charge is 0.328 e. The lowest BCUT2D eigenvalue weighted by atomic mass is 10.0. The van der Waals surface area contributed by atoms with E-state index in [-0.39, 0.29) is 5.69 Å². The van der Waals surface area contributed by atoms with Crippen molar-refractivity contribution in [3.8, 4) is 0 Å². The van der Waals surface area contributed by atoms with Crippen molar-refractivity contribution in [3.63, 3.8) is 0 Å². The average Bonchev–Trinajstić information content (AvgIpc) is 2.44. The normalized spacial score (nSPS) is 11.4. The molecule has 2 aromatic rings. The number of hydrogen-bond donors (Lipinski definition) is 1. The second-order valence-electron chi connectivity index (χ2n) is 5.23. The van der Waals surface area contributed by atoms with Crippen LogP contribution in [0.4, 0.5) is 11.5 Å². The van der Waals surface area contributed by atoms with Crippen molar-refractivity contribution in [1.29, 1.82) is 0 Å². The largest absolute Gasteiger partial charge is 0.480 e. The molecule has 1 heterocycles. The first-order valence-electron chi connectivity index (χ1n) is 6.26. The summed E-state index contributed by atoms with van der Waals surface area (Å²) in [7, 11) is 1.65. The molecule has 0 bridgehead atoms. The lowest BCUT2D eigenvalue weighted by molar-refractivity contribution is -0.384. The zero-order valence-electron chi connectivity index (χ0n) is 11.9. The summed E-state index contributed by atoms with van der Waals surface area (Å²) in [5, 5.41) is 20.6. The number of carboxylic acid groups (broad SMARTS) is 1. The second kappa shape index (κ2) is 5.01. The number of likely N-dealkylation sites (N-methyl/N-ethyl adjacent to an activating group) is 1. The van der Waals surface area contributed by atoms with Crippen LogP contribution in [0.15, 0.2) is 30.3 Å². The van der Waals surface area contributed by atoms with Crippen LogP contribution >= 0.6 is 0 Å². The summed E-state index contributed by atoms with van der Waals surface area (Å²) in [6.07, 6.45) is 0. The Morgan fingerprint density at radius 3 is 2.57 bits per heavy atom. The summed E-state index contributed by atoms with van der Waals surface area (Å²) in [5.41, 5.74) is -0.538. The molecule has 1 N–H and O–H groups in total. The Kier molecular flexibility index (Phi) is 3.51. The summed E-state index contributed by atoms with van der Waals surface area (Å²) in [6, 6.07) is 7.71. The van der Waals surface area contributed by atoms with E-state index in [1.165, 1.54) is 12.1 Å². The van der Waals surface area contributed by atoms with E-state index < -0.39 is 16.4 Å². The Morgan fingerprint density at radius 1 is 1.33 bits per heavy atom. The van der Waals surface area contributed by atoms with Crippen LogP contribution in [-0.2, 0) is 4.79 Å². The van der Waals surface area contributed by atoms with Gasteiger partial charge in [-0.05, 0) is 32.0 Å². The minimum Gasteiger partial charge on any atom is -0.480 e. The van der Waals surface area contributed by atoms with Gasteiger partial charge in [0, 0.05) is 24.6 Å². The molecule has 0 fully saturated rings. The molecule has 0 radical (unpaired) electrons. The first-order valence-corrected chi connectivity index (χ1v) is 6.26. The Labute approximate surface area is 121 Å². The summed E-state index contributed by atoms with van der Waals surface area (Å²) in [6.45, 7) is 3.16. The fourth-order valence-electron chi connectivity index (χ4n) is 1.83. The highest BCUT2D eigenvalue weighted by atomic mass is 16.6. The van der Waals surface area contributed by atoms with Crippen LogP contribution < -0.4 is 4.90 Å². The van der Waals surface area contributed by atoms with Gasteiger partial charge in [-0.3, -0.25) is 10.1 Å².